The van der Waals surface area contributed by atoms with Gasteiger partial charge < -0.3 is 10.1 Å². The summed E-state index contributed by atoms with van der Waals surface area (Å²) < 4.78 is 20.2. The minimum atomic E-state index is -0.274. The lowest BCUT2D eigenvalue weighted by Gasteiger charge is -2.16. The van der Waals surface area contributed by atoms with Crippen molar-refractivity contribution in [2.45, 2.75) is 19.5 Å². The van der Waals surface area contributed by atoms with Crippen molar-refractivity contribution in [1.82, 2.24) is 20.3 Å². The van der Waals surface area contributed by atoms with E-state index >= 15 is 0 Å². The Kier molecular flexibility index (Phi) is 4.11. The van der Waals surface area contributed by atoms with Crippen LogP contribution in [0.15, 0.2) is 24.4 Å². The van der Waals surface area contributed by atoms with Crippen LogP contribution in [-0.2, 0) is 13.6 Å². The Morgan fingerprint density at radius 2 is 2.26 bits per heavy atom. The Bertz CT molecular complexity index is 555. The number of hydrogen-bond acceptors (Lipinski definition) is 4. The van der Waals surface area contributed by atoms with Crippen molar-refractivity contribution in [3.8, 4) is 5.75 Å². The Morgan fingerprint density at radius 3 is 2.89 bits per heavy atom. The molecule has 19 heavy (non-hydrogen) atoms. The standard InChI is InChI=1S/C13H17FN4O/c1-9(15-7-11-8-18(2)17-16-11)12-6-10(14)4-5-13(12)19-3/h4-6,8-9,15H,7H2,1-3H3. The number of halogens is 1. The molecular formula is C13H17FN4O. The van der Waals surface area contributed by atoms with Crippen molar-refractivity contribution >= 4 is 0 Å². The first kappa shape index (κ1) is 13.5. The van der Waals surface area contributed by atoms with Gasteiger partial charge in [-0.2, -0.15) is 0 Å². The molecule has 102 valence electrons. The zero-order valence-corrected chi connectivity index (χ0v) is 11.2. The number of nitrogens with one attached hydrogen (secondary N) is 1. The van der Waals surface area contributed by atoms with E-state index in [4.69, 9.17) is 4.74 Å². The van der Waals surface area contributed by atoms with Crippen LogP contribution in [0.4, 0.5) is 4.39 Å². The number of methoxy groups -OCH3 is 1. The molecule has 0 bridgehead atoms. The molecule has 2 rings (SSSR count). The second-order valence-corrected chi connectivity index (χ2v) is 4.37. The van der Waals surface area contributed by atoms with Crippen LogP contribution in [0, 0.1) is 5.82 Å². The van der Waals surface area contributed by atoms with E-state index in [1.807, 2.05) is 20.2 Å². The maximum absolute atomic E-state index is 13.3. The normalized spacial score (nSPS) is 12.4. The third-order valence-electron chi connectivity index (χ3n) is 2.90. The summed E-state index contributed by atoms with van der Waals surface area (Å²) >= 11 is 0. The molecule has 0 aliphatic heterocycles. The molecule has 5 nitrogen and oxygen atoms in total. The van der Waals surface area contributed by atoms with Gasteiger partial charge in [0.1, 0.15) is 11.6 Å². The Hall–Kier alpha value is -1.95. The highest BCUT2D eigenvalue weighted by Gasteiger charge is 2.12. The highest BCUT2D eigenvalue weighted by Crippen LogP contribution is 2.25. The maximum atomic E-state index is 13.3. The number of hydrogen-bond donors (Lipinski definition) is 1. The van der Waals surface area contributed by atoms with Gasteiger partial charge in [-0.1, -0.05) is 5.21 Å². The van der Waals surface area contributed by atoms with Crippen LogP contribution < -0.4 is 10.1 Å². The predicted molar refractivity (Wildman–Crippen MR) is 69.2 cm³/mol. The van der Waals surface area contributed by atoms with Crippen molar-refractivity contribution < 1.29 is 9.13 Å². The summed E-state index contributed by atoms with van der Waals surface area (Å²) in [6.07, 6.45) is 1.84. The second kappa shape index (κ2) is 5.79. The maximum Gasteiger partial charge on any atom is 0.123 e. The van der Waals surface area contributed by atoms with E-state index < -0.39 is 0 Å². The summed E-state index contributed by atoms with van der Waals surface area (Å²) in [6, 6.07) is 4.45. The molecule has 6 heteroatoms. The smallest absolute Gasteiger partial charge is 0.123 e. The summed E-state index contributed by atoms with van der Waals surface area (Å²) in [6.45, 7) is 2.52. The Morgan fingerprint density at radius 1 is 1.47 bits per heavy atom. The molecule has 0 amide bonds. The number of rotatable bonds is 5. The summed E-state index contributed by atoms with van der Waals surface area (Å²) in [4.78, 5) is 0. The minimum Gasteiger partial charge on any atom is -0.496 e. The third kappa shape index (κ3) is 3.29. The summed E-state index contributed by atoms with van der Waals surface area (Å²) in [5.41, 5.74) is 1.62. The molecule has 0 spiro atoms. The van der Waals surface area contributed by atoms with E-state index in [1.54, 1.807) is 17.9 Å². The van der Waals surface area contributed by atoms with E-state index in [2.05, 4.69) is 15.6 Å². The molecule has 1 aromatic heterocycles. The first-order valence-electron chi connectivity index (χ1n) is 6.02. The van der Waals surface area contributed by atoms with Gasteiger partial charge in [0.05, 0.1) is 12.8 Å². The van der Waals surface area contributed by atoms with Gasteiger partial charge in [-0.05, 0) is 25.1 Å². The van der Waals surface area contributed by atoms with Crippen LogP contribution in [0.5, 0.6) is 5.75 Å². The molecule has 1 heterocycles. The molecular weight excluding hydrogens is 247 g/mol. The van der Waals surface area contributed by atoms with E-state index in [-0.39, 0.29) is 11.9 Å². The molecule has 1 unspecified atom stereocenters. The van der Waals surface area contributed by atoms with E-state index in [1.165, 1.54) is 12.1 Å². The SMILES string of the molecule is COc1ccc(F)cc1C(C)NCc1cn(C)nn1. The van der Waals surface area contributed by atoms with Crippen LogP contribution in [0.3, 0.4) is 0 Å². The van der Waals surface area contributed by atoms with Gasteiger partial charge in [-0.3, -0.25) is 4.68 Å². The second-order valence-electron chi connectivity index (χ2n) is 4.37. The van der Waals surface area contributed by atoms with Gasteiger partial charge in [0.25, 0.3) is 0 Å². The summed E-state index contributed by atoms with van der Waals surface area (Å²) in [5.74, 6) is 0.393. The van der Waals surface area contributed by atoms with Crippen molar-refractivity contribution in [2.75, 3.05) is 7.11 Å². The first-order valence-corrected chi connectivity index (χ1v) is 6.02. The molecule has 0 saturated heterocycles. The van der Waals surface area contributed by atoms with E-state index in [9.17, 15) is 4.39 Å². The Labute approximate surface area is 111 Å². The van der Waals surface area contributed by atoms with Gasteiger partial charge in [-0.25, -0.2) is 4.39 Å². The third-order valence-corrected chi connectivity index (χ3v) is 2.90. The molecule has 0 fully saturated rings. The molecule has 0 radical (unpaired) electrons. The largest absolute Gasteiger partial charge is 0.496 e. The molecule has 1 aromatic carbocycles. The highest BCUT2D eigenvalue weighted by molar-refractivity contribution is 5.36. The summed E-state index contributed by atoms with van der Waals surface area (Å²) in [7, 11) is 3.39. The topological polar surface area (TPSA) is 52.0 Å². The average molecular weight is 264 g/mol. The molecule has 1 atom stereocenters. The number of ether oxygens (including phenoxy) is 1. The zero-order chi connectivity index (χ0) is 13.8. The van der Waals surface area contributed by atoms with Crippen LogP contribution in [-0.4, -0.2) is 22.1 Å². The lowest BCUT2D eigenvalue weighted by atomic mass is 10.1. The fourth-order valence-corrected chi connectivity index (χ4v) is 1.89. The number of benzene rings is 1. The Balaban J connectivity index is 2.06. The number of aryl methyl sites for hydroxylation is 1. The first-order chi connectivity index (χ1) is 9.10. The van der Waals surface area contributed by atoms with Crippen molar-refractivity contribution in [3.63, 3.8) is 0 Å². The van der Waals surface area contributed by atoms with Crippen LogP contribution >= 0.6 is 0 Å². The van der Waals surface area contributed by atoms with Crippen molar-refractivity contribution in [3.05, 3.63) is 41.5 Å². The number of nitrogens with zero attached hydrogens (tertiary/aromatic N) is 3. The highest BCUT2D eigenvalue weighted by atomic mass is 19.1. The lowest BCUT2D eigenvalue weighted by molar-refractivity contribution is 0.399. The van der Waals surface area contributed by atoms with E-state index in [0.717, 1.165) is 11.3 Å². The van der Waals surface area contributed by atoms with Gasteiger partial charge in [-0.15, -0.1) is 5.10 Å². The fourth-order valence-electron chi connectivity index (χ4n) is 1.89. The van der Waals surface area contributed by atoms with Crippen LogP contribution in [0.2, 0.25) is 0 Å². The zero-order valence-electron chi connectivity index (χ0n) is 11.2. The van der Waals surface area contributed by atoms with Crippen LogP contribution in [0.25, 0.3) is 0 Å². The molecule has 0 saturated carbocycles. The van der Waals surface area contributed by atoms with Crippen molar-refractivity contribution in [2.24, 2.45) is 7.05 Å². The van der Waals surface area contributed by atoms with Gasteiger partial charge in [0, 0.05) is 31.4 Å². The molecule has 1 N–H and O–H groups in total. The van der Waals surface area contributed by atoms with Gasteiger partial charge in [0.2, 0.25) is 0 Å². The predicted octanol–water partition coefficient (Wildman–Crippen LogP) is 1.81. The van der Waals surface area contributed by atoms with Gasteiger partial charge in [0.15, 0.2) is 0 Å². The molecule has 0 aliphatic carbocycles. The quantitative estimate of drug-likeness (QED) is 0.895. The van der Waals surface area contributed by atoms with Gasteiger partial charge >= 0.3 is 0 Å². The monoisotopic (exact) mass is 264 g/mol. The van der Waals surface area contributed by atoms with Crippen molar-refractivity contribution in [1.29, 1.82) is 0 Å². The van der Waals surface area contributed by atoms with Crippen LogP contribution in [0.1, 0.15) is 24.2 Å². The average Bonchev–Trinajstić information content (AvgIpc) is 2.81. The molecule has 0 aliphatic rings. The fraction of sp³-hybridized carbons (Fsp3) is 0.385. The summed E-state index contributed by atoms with van der Waals surface area (Å²) in [5, 5.41) is 11.1. The lowest BCUT2D eigenvalue weighted by Crippen LogP contribution is -2.19. The minimum absolute atomic E-state index is 0.0485. The molecule has 2 aromatic rings. The van der Waals surface area contributed by atoms with E-state index in [0.29, 0.717) is 12.3 Å². The number of aromatic nitrogens is 3.